The number of carbonyl (C=O) groups excluding carboxylic acids is 1. The van der Waals surface area contributed by atoms with E-state index in [-0.39, 0.29) is 12.6 Å². The van der Waals surface area contributed by atoms with Crippen molar-refractivity contribution in [1.29, 1.82) is 0 Å². The van der Waals surface area contributed by atoms with Crippen LogP contribution >= 0.6 is 0 Å². The molecule has 2 aromatic rings. The van der Waals surface area contributed by atoms with Gasteiger partial charge in [-0.25, -0.2) is 0 Å². The van der Waals surface area contributed by atoms with Crippen LogP contribution in [0.15, 0.2) is 54.6 Å². The van der Waals surface area contributed by atoms with Crippen LogP contribution in [0.2, 0.25) is 0 Å². The van der Waals surface area contributed by atoms with Crippen molar-refractivity contribution in [2.45, 2.75) is 25.9 Å². The lowest BCUT2D eigenvalue weighted by atomic mass is 9.93. The Hall–Kier alpha value is -2.33. The third kappa shape index (κ3) is 4.60. The molecule has 1 N–H and O–H groups in total. The fraction of sp³-hybridized carbons (Fsp3) is 0.278. The first kappa shape index (κ1) is 16.0. The molecule has 0 radical (unpaired) electrons. The van der Waals surface area contributed by atoms with Crippen molar-refractivity contribution >= 4 is 5.97 Å². The standard InChI is InChI=1S/C18H20O4/c1-14(19)21-13-12-18(2,20)15-8-10-17(11-9-15)22-16-6-4-3-5-7-16/h3-11,20H,12-13H2,1-2H3. The van der Waals surface area contributed by atoms with Crippen LogP contribution in [0.3, 0.4) is 0 Å². The number of rotatable bonds is 6. The Balaban J connectivity index is 1.99. The van der Waals surface area contributed by atoms with Crippen molar-refractivity contribution in [2.24, 2.45) is 0 Å². The Morgan fingerprint density at radius 2 is 1.64 bits per heavy atom. The van der Waals surface area contributed by atoms with Crippen LogP contribution in [0.4, 0.5) is 0 Å². The van der Waals surface area contributed by atoms with Gasteiger partial charge in [0.1, 0.15) is 11.5 Å². The molecule has 116 valence electrons. The van der Waals surface area contributed by atoms with Crippen LogP contribution in [0.1, 0.15) is 25.8 Å². The van der Waals surface area contributed by atoms with Gasteiger partial charge in [0, 0.05) is 13.3 Å². The highest BCUT2D eigenvalue weighted by Crippen LogP contribution is 2.28. The zero-order valence-corrected chi connectivity index (χ0v) is 12.8. The van der Waals surface area contributed by atoms with Crippen molar-refractivity contribution in [3.05, 3.63) is 60.2 Å². The van der Waals surface area contributed by atoms with Gasteiger partial charge in [-0.15, -0.1) is 0 Å². The van der Waals surface area contributed by atoms with E-state index in [0.717, 1.165) is 11.3 Å². The lowest BCUT2D eigenvalue weighted by Gasteiger charge is -2.23. The highest BCUT2D eigenvalue weighted by Gasteiger charge is 2.23. The van der Waals surface area contributed by atoms with Gasteiger partial charge in [-0.3, -0.25) is 4.79 Å². The Morgan fingerprint density at radius 3 is 2.23 bits per heavy atom. The molecule has 0 aliphatic heterocycles. The molecule has 0 bridgehead atoms. The number of para-hydroxylation sites is 1. The molecule has 0 saturated carbocycles. The molecule has 0 saturated heterocycles. The van der Waals surface area contributed by atoms with Crippen LogP contribution in [-0.4, -0.2) is 17.7 Å². The van der Waals surface area contributed by atoms with Gasteiger partial charge in [-0.2, -0.15) is 0 Å². The van der Waals surface area contributed by atoms with E-state index in [4.69, 9.17) is 9.47 Å². The summed E-state index contributed by atoms with van der Waals surface area (Å²) in [5.74, 6) is 1.12. The second kappa shape index (κ2) is 7.09. The van der Waals surface area contributed by atoms with Crippen LogP contribution in [0, 0.1) is 0 Å². The Morgan fingerprint density at radius 1 is 1.05 bits per heavy atom. The third-order valence-electron chi connectivity index (χ3n) is 3.35. The minimum Gasteiger partial charge on any atom is -0.466 e. The predicted octanol–water partition coefficient (Wildman–Crippen LogP) is 3.64. The van der Waals surface area contributed by atoms with E-state index in [0.29, 0.717) is 12.2 Å². The lowest BCUT2D eigenvalue weighted by Crippen LogP contribution is -2.23. The summed E-state index contributed by atoms with van der Waals surface area (Å²) in [4.78, 5) is 10.8. The van der Waals surface area contributed by atoms with Crippen molar-refractivity contribution in [3.8, 4) is 11.5 Å². The molecule has 0 fully saturated rings. The van der Waals surface area contributed by atoms with E-state index in [2.05, 4.69) is 0 Å². The van der Waals surface area contributed by atoms with Gasteiger partial charge in [-0.05, 0) is 36.8 Å². The molecule has 4 nitrogen and oxygen atoms in total. The summed E-state index contributed by atoms with van der Waals surface area (Å²) in [6, 6.07) is 16.7. The van der Waals surface area contributed by atoms with Gasteiger partial charge in [-0.1, -0.05) is 30.3 Å². The fourth-order valence-electron chi connectivity index (χ4n) is 2.04. The minimum absolute atomic E-state index is 0.185. The fourth-order valence-corrected chi connectivity index (χ4v) is 2.04. The first-order valence-corrected chi connectivity index (χ1v) is 7.16. The van der Waals surface area contributed by atoms with Gasteiger partial charge >= 0.3 is 5.97 Å². The van der Waals surface area contributed by atoms with Crippen molar-refractivity contribution in [3.63, 3.8) is 0 Å². The highest BCUT2D eigenvalue weighted by atomic mass is 16.5. The monoisotopic (exact) mass is 300 g/mol. The average Bonchev–Trinajstić information content (AvgIpc) is 2.48. The normalized spacial score (nSPS) is 13.2. The van der Waals surface area contributed by atoms with Crippen molar-refractivity contribution in [1.82, 2.24) is 0 Å². The molecule has 1 unspecified atom stereocenters. The SMILES string of the molecule is CC(=O)OCCC(C)(O)c1ccc(Oc2ccccc2)cc1. The predicted molar refractivity (Wildman–Crippen MR) is 83.8 cm³/mol. The number of hydrogen-bond acceptors (Lipinski definition) is 4. The molecule has 4 heteroatoms. The quantitative estimate of drug-likeness (QED) is 0.828. The molecule has 0 spiro atoms. The number of hydrogen-bond donors (Lipinski definition) is 1. The minimum atomic E-state index is -1.05. The number of carbonyl (C=O) groups is 1. The summed E-state index contributed by atoms with van der Waals surface area (Å²) < 4.78 is 10.6. The number of ether oxygens (including phenoxy) is 2. The van der Waals surface area contributed by atoms with E-state index in [9.17, 15) is 9.90 Å². The van der Waals surface area contributed by atoms with Crippen LogP contribution in [-0.2, 0) is 15.1 Å². The van der Waals surface area contributed by atoms with E-state index in [1.165, 1.54) is 6.92 Å². The second-order valence-electron chi connectivity index (χ2n) is 5.30. The first-order valence-electron chi connectivity index (χ1n) is 7.16. The zero-order chi connectivity index (χ0) is 16.0. The van der Waals surface area contributed by atoms with E-state index < -0.39 is 5.60 Å². The maximum Gasteiger partial charge on any atom is 0.302 e. The van der Waals surface area contributed by atoms with Gasteiger partial charge in [0.15, 0.2) is 0 Å². The summed E-state index contributed by atoms with van der Waals surface area (Å²) >= 11 is 0. The molecule has 1 atom stereocenters. The summed E-state index contributed by atoms with van der Waals surface area (Å²) in [7, 11) is 0. The molecular formula is C18H20O4. The van der Waals surface area contributed by atoms with Gasteiger partial charge in [0.25, 0.3) is 0 Å². The molecule has 22 heavy (non-hydrogen) atoms. The first-order chi connectivity index (χ1) is 10.5. The van der Waals surface area contributed by atoms with Crippen LogP contribution in [0.5, 0.6) is 11.5 Å². The number of aliphatic hydroxyl groups is 1. The Kier molecular flexibility index (Phi) is 5.17. The molecular weight excluding hydrogens is 280 g/mol. The van der Waals surface area contributed by atoms with Gasteiger partial charge < -0.3 is 14.6 Å². The highest BCUT2D eigenvalue weighted by molar-refractivity contribution is 5.65. The second-order valence-corrected chi connectivity index (χ2v) is 5.30. The Bertz CT molecular complexity index is 603. The third-order valence-corrected chi connectivity index (χ3v) is 3.35. The topological polar surface area (TPSA) is 55.8 Å². The summed E-state index contributed by atoms with van der Waals surface area (Å²) in [5.41, 5.74) is -0.305. The maximum atomic E-state index is 10.8. The summed E-state index contributed by atoms with van der Waals surface area (Å²) in [5, 5.41) is 10.4. The lowest BCUT2D eigenvalue weighted by molar-refractivity contribution is -0.142. The molecule has 0 aliphatic carbocycles. The summed E-state index contributed by atoms with van der Waals surface area (Å²) in [6.45, 7) is 3.23. The molecule has 0 aliphatic rings. The maximum absolute atomic E-state index is 10.8. The molecule has 0 aromatic heterocycles. The van der Waals surface area contributed by atoms with Crippen molar-refractivity contribution in [2.75, 3.05) is 6.61 Å². The van der Waals surface area contributed by atoms with Gasteiger partial charge in [0.05, 0.1) is 12.2 Å². The Labute approximate surface area is 130 Å². The van der Waals surface area contributed by atoms with Crippen LogP contribution < -0.4 is 4.74 Å². The van der Waals surface area contributed by atoms with E-state index in [1.807, 2.05) is 54.6 Å². The smallest absolute Gasteiger partial charge is 0.302 e. The number of esters is 1. The largest absolute Gasteiger partial charge is 0.466 e. The van der Waals surface area contributed by atoms with Gasteiger partial charge in [0.2, 0.25) is 0 Å². The summed E-state index contributed by atoms with van der Waals surface area (Å²) in [6.07, 6.45) is 0.339. The van der Waals surface area contributed by atoms with E-state index in [1.54, 1.807) is 6.92 Å². The molecule has 0 heterocycles. The molecule has 2 aromatic carbocycles. The molecule has 0 amide bonds. The van der Waals surface area contributed by atoms with Crippen molar-refractivity contribution < 1.29 is 19.4 Å². The zero-order valence-electron chi connectivity index (χ0n) is 12.8. The number of benzene rings is 2. The van der Waals surface area contributed by atoms with E-state index >= 15 is 0 Å². The average molecular weight is 300 g/mol. The van der Waals surface area contributed by atoms with Crippen LogP contribution in [0.25, 0.3) is 0 Å². The molecule has 2 rings (SSSR count).